The zero-order chi connectivity index (χ0) is 12.9. The fraction of sp³-hybridized carbons (Fsp3) is 0.400. The Hall–Kier alpha value is -1.61. The summed E-state index contributed by atoms with van der Waals surface area (Å²) in [7, 11) is 0. The van der Waals surface area contributed by atoms with Crippen LogP contribution in [0.1, 0.15) is 26.7 Å². The summed E-state index contributed by atoms with van der Waals surface area (Å²) in [6.07, 6.45) is 8.34. The Morgan fingerprint density at radius 2 is 2.28 bits per heavy atom. The highest BCUT2D eigenvalue weighted by atomic mass is 16.5. The van der Waals surface area contributed by atoms with Gasteiger partial charge in [0.15, 0.2) is 0 Å². The van der Waals surface area contributed by atoms with Gasteiger partial charge in [-0.2, -0.15) is 0 Å². The summed E-state index contributed by atoms with van der Waals surface area (Å²) in [6, 6.07) is 0. The first-order valence-electron chi connectivity index (χ1n) is 6.24. The first kappa shape index (κ1) is 11.5. The Morgan fingerprint density at radius 3 is 3.00 bits per heavy atom. The smallest absolute Gasteiger partial charge is 0.342 e. The number of fused-ring (bicyclic) bond motifs is 2. The van der Waals surface area contributed by atoms with Crippen LogP contribution in [-0.4, -0.2) is 17.7 Å². The highest BCUT2D eigenvalue weighted by Crippen LogP contribution is 2.48. The Bertz CT molecular complexity index is 560. The van der Waals surface area contributed by atoms with Crippen molar-refractivity contribution in [3.05, 3.63) is 46.3 Å². The number of rotatable bonds is 1. The average Bonchev–Trinajstić information content (AvgIpc) is 2.60. The van der Waals surface area contributed by atoms with E-state index in [1.54, 1.807) is 0 Å². The number of esters is 1. The number of carbonyl (C=O) groups is 1. The van der Waals surface area contributed by atoms with Crippen molar-refractivity contribution in [2.45, 2.75) is 26.7 Å². The van der Waals surface area contributed by atoms with Gasteiger partial charge in [-0.1, -0.05) is 18.6 Å². The zero-order valence-electron chi connectivity index (χ0n) is 10.6. The molecule has 0 saturated heterocycles. The molecule has 1 atom stereocenters. The topological polar surface area (TPSA) is 46.5 Å². The van der Waals surface area contributed by atoms with Gasteiger partial charge in [-0.05, 0) is 37.5 Å². The van der Waals surface area contributed by atoms with Crippen LogP contribution in [0, 0.1) is 5.41 Å². The van der Waals surface area contributed by atoms with Gasteiger partial charge in [0, 0.05) is 11.0 Å². The molecule has 3 aliphatic rings. The molecule has 0 unspecified atom stereocenters. The lowest BCUT2D eigenvalue weighted by Gasteiger charge is -2.36. The van der Waals surface area contributed by atoms with Crippen LogP contribution in [0.5, 0.6) is 0 Å². The summed E-state index contributed by atoms with van der Waals surface area (Å²) in [4.78, 5) is 11.6. The van der Waals surface area contributed by atoms with Crippen LogP contribution in [0.3, 0.4) is 0 Å². The predicted octanol–water partition coefficient (Wildman–Crippen LogP) is 2.40. The maximum atomic E-state index is 11.6. The molecule has 0 fully saturated rings. The quantitative estimate of drug-likeness (QED) is 0.720. The fourth-order valence-electron chi connectivity index (χ4n) is 3.04. The number of hydrogen-bond acceptors (Lipinski definition) is 3. The Kier molecular flexibility index (Phi) is 2.35. The normalized spacial score (nSPS) is 30.2. The molecule has 3 nitrogen and oxygen atoms in total. The van der Waals surface area contributed by atoms with Gasteiger partial charge in [0.2, 0.25) is 0 Å². The van der Waals surface area contributed by atoms with Crippen LogP contribution in [0.2, 0.25) is 0 Å². The van der Waals surface area contributed by atoms with Crippen molar-refractivity contribution in [2.75, 3.05) is 6.61 Å². The minimum atomic E-state index is -0.417. The van der Waals surface area contributed by atoms with Gasteiger partial charge in [0.25, 0.3) is 0 Å². The van der Waals surface area contributed by atoms with Crippen LogP contribution < -0.4 is 0 Å². The maximum absolute atomic E-state index is 11.6. The van der Waals surface area contributed by atoms with E-state index in [-0.39, 0.29) is 12.0 Å². The standard InChI is InChI=1S/C15H16O3/c1-9-4-3-5-15(2)7-13-10(6-12(9)15)11(8-16)14(17)18-13/h4,6-7,16H,3,5,8H2,1-2H3/t15-/m0/s1. The Labute approximate surface area is 106 Å². The third kappa shape index (κ3) is 1.44. The molecule has 0 spiro atoms. The van der Waals surface area contributed by atoms with Crippen molar-refractivity contribution >= 4 is 5.97 Å². The minimum Gasteiger partial charge on any atom is -0.423 e. The van der Waals surface area contributed by atoms with E-state index in [2.05, 4.69) is 19.9 Å². The van der Waals surface area contributed by atoms with Crippen molar-refractivity contribution < 1.29 is 14.6 Å². The summed E-state index contributed by atoms with van der Waals surface area (Å²) >= 11 is 0. The largest absolute Gasteiger partial charge is 0.423 e. The number of ether oxygens (including phenoxy) is 1. The number of carbonyl (C=O) groups excluding carboxylic acids is 1. The van der Waals surface area contributed by atoms with Crippen LogP contribution in [-0.2, 0) is 9.53 Å². The molecular weight excluding hydrogens is 228 g/mol. The molecule has 94 valence electrons. The highest BCUT2D eigenvalue weighted by Gasteiger charge is 2.39. The third-order valence-electron chi connectivity index (χ3n) is 4.09. The lowest BCUT2D eigenvalue weighted by Crippen LogP contribution is -2.24. The number of allylic oxidation sites excluding steroid dienone is 5. The molecular formula is C15H16O3. The maximum Gasteiger partial charge on any atom is 0.342 e. The predicted molar refractivity (Wildman–Crippen MR) is 67.5 cm³/mol. The van der Waals surface area contributed by atoms with E-state index < -0.39 is 5.97 Å². The van der Waals surface area contributed by atoms with Crippen LogP contribution >= 0.6 is 0 Å². The second-order valence-electron chi connectivity index (χ2n) is 5.35. The molecule has 0 bridgehead atoms. The molecule has 2 aliphatic carbocycles. The van der Waals surface area contributed by atoms with Crippen LogP contribution in [0.15, 0.2) is 46.3 Å². The van der Waals surface area contributed by atoms with Crippen molar-refractivity contribution in [1.29, 1.82) is 0 Å². The summed E-state index contributed by atoms with van der Waals surface area (Å²) in [5.41, 5.74) is 3.56. The van der Waals surface area contributed by atoms with Gasteiger partial charge in [-0.25, -0.2) is 4.79 Å². The fourth-order valence-corrected chi connectivity index (χ4v) is 3.04. The Morgan fingerprint density at radius 1 is 1.50 bits per heavy atom. The first-order chi connectivity index (χ1) is 8.55. The lowest BCUT2D eigenvalue weighted by atomic mass is 9.68. The molecule has 0 aromatic heterocycles. The third-order valence-corrected chi connectivity index (χ3v) is 4.09. The molecule has 3 heteroatoms. The number of aliphatic hydroxyl groups is 1. The molecule has 3 rings (SSSR count). The van der Waals surface area contributed by atoms with Gasteiger partial charge < -0.3 is 9.84 Å². The first-order valence-corrected chi connectivity index (χ1v) is 6.24. The lowest BCUT2D eigenvalue weighted by molar-refractivity contribution is -0.133. The second kappa shape index (κ2) is 3.69. The van der Waals surface area contributed by atoms with Crippen molar-refractivity contribution in [3.8, 4) is 0 Å². The summed E-state index contributed by atoms with van der Waals surface area (Å²) in [6.45, 7) is 4.00. The number of hydrogen-bond donors (Lipinski definition) is 1. The molecule has 18 heavy (non-hydrogen) atoms. The molecule has 0 amide bonds. The molecule has 0 aromatic rings. The van der Waals surface area contributed by atoms with E-state index in [0.717, 1.165) is 18.4 Å². The monoisotopic (exact) mass is 244 g/mol. The van der Waals surface area contributed by atoms with Gasteiger partial charge in [-0.3, -0.25) is 0 Å². The summed E-state index contributed by atoms with van der Waals surface area (Å²) in [5, 5.41) is 9.27. The summed E-state index contributed by atoms with van der Waals surface area (Å²) in [5.74, 6) is 0.199. The van der Waals surface area contributed by atoms with Crippen molar-refractivity contribution in [3.63, 3.8) is 0 Å². The Balaban J connectivity index is 2.19. The average molecular weight is 244 g/mol. The van der Waals surface area contributed by atoms with Crippen LogP contribution in [0.4, 0.5) is 0 Å². The highest BCUT2D eigenvalue weighted by molar-refractivity contribution is 5.96. The molecule has 0 aromatic carbocycles. The van der Waals surface area contributed by atoms with Crippen molar-refractivity contribution in [2.24, 2.45) is 5.41 Å². The van der Waals surface area contributed by atoms with E-state index in [1.807, 2.05) is 12.2 Å². The molecule has 0 radical (unpaired) electrons. The molecule has 1 N–H and O–H groups in total. The van der Waals surface area contributed by atoms with E-state index in [9.17, 15) is 9.90 Å². The van der Waals surface area contributed by atoms with E-state index in [4.69, 9.17) is 4.74 Å². The van der Waals surface area contributed by atoms with E-state index in [0.29, 0.717) is 11.3 Å². The van der Waals surface area contributed by atoms with E-state index >= 15 is 0 Å². The summed E-state index contributed by atoms with van der Waals surface area (Å²) < 4.78 is 5.24. The molecule has 1 heterocycles. The van der Waals surface area contributed by atoms with Crippen LogP contribution in [0.25, 0.3) is 0 Å². The van der Waals surface area contributed by atoms with Gasteiger partial charge in [0.1, 0.15) is 5.76 Å². The zero-order valence-corrected chi connectivity index (χ0v) is 10.6. The molecule has 0 saturated carbocycles. The van der Waals surface area contributed by atoms with Crippen molar-refractivity contribution in [1.82, 2.24) is 0 Å². The minimum absolute atomic E-state index is 0.0527. The van der Waals surface area contributed by atoms with Gasteiger partial charge >= 0.3 is 5.97 Å². The van der Waals surface area contributed by atoms with Gasteiger partial charge in [-0.15, -0.1) is 0 Å². The molecule has 1 aliphatic heterocycles. The SMILES string of the molecule is CC1=CCC[C@@]2(C)C=C3OC(=O)C(CO)=C3C=C12. The van der Waals surface area contributed by atoms with E-state index in [1.165, 1.54) is 11.1 Å². The second-order valence-corrected chi connectivity index (χ2v) is 5.35. The van der Waals surface area contributed by atoms with Gasteiger partial charge in [0.05, 0.1) is 12.2 Å². The number of aliphatic hydroxyl groups excluding tert-OH is 1.